The third-order valence-electron chi connectivity index (χ3n) is 7.10. The van der Waals surface area contributed by atoms with Crippen LogP contribution >= 0.6 is 11.3 Å². The molecule has 7 nitrogen and oxygen atoms in total. The number of anilines is 1. The molecule has 0 saturated carbocycles. The molecule has 0 aliphatic carbocycles. The number of carbonyl (C=O) groups is 1. The average molecular weight is 622 g/mol. The molecule has 0 aliphatic rings. The van der Waals surface area contributed by atoms with Gasteiger partial charge in [-0.15, -0.1) is 11.3 Å². The first-order chi connectivity index (χ1) is 20.6. The highest BCUT2D eigenvalue weighted by Gasteiger charge is 2.13. The van der Waals surface area contributed by atoms with E-state index in [2.05, 4.69) is 67.7 Å². The van der Waals surface area contributed by atoms with E-state index in [0.29, 0.717) is 18.2 Å². The standard InChI is InChI=1S/C34H39NO6S2/c1-4-6-25(7-5-2)26-12-15-30(16-13-26)40-20-24-8-10-27(11-9-24)29-18-31(42-22-29)21-41-33-19-28(34(36)37)14-17-32(33)35-23-43(3,38)39/h8-19,22,25,35H,4-7,20-21,23H2,1-3H3,(H,36,37). The topological polar surface area (TPSA) is 102 Å². The second-order valence-electron chi connectivity index (χ2n) is 10.7. The van der Waals surface area contributed by atoms with E-state index in [-0.39, 0.29) is 23.8 Å². The highest BCUT2D eigenvalue weighted by Crippen LogP contribution is 2.31. The number of thiophene rings is 1. The van der Waals surface area contributed by atoms with E-state index >= 15 is 0 Å². The molecule has 0 saturated heterocycles. The fourth-order valence-corrected chi connectivity index (χ4v) is 6.08. The zero-order chi connectivity index (χ0) is 30.8. The van der Waals surface area contributed by atoms with Crippen molar-refractivity contribution in [2.24, 2.45) is 0 Å². The van der Waals surface area contributed by atoms with Gasteiger partial charge in [0.2, 0.25) is 0 Å². The predicted octanol–water partition coefficient (Wildman–Crippen LogP) is 8.37. The Bertz CT molecular complexity index is 1590. The molecule has 0 fully saturated rings. The summed E-state index contributed by atoms with van der Waals surface area (Å²) in [6, 6.07) is 23.1. The Morgan fingerprint density at radius 1 is 0.884 bits per heavy atom. The summed E-state index contributed by atoms with van der Waals surface area (Å²) in [5.74, 6) is 0.382. The molecular weight excluding hydrogens is 583 g/mol. The number of hydrogen-bond acceptors (Lipinski definition) is 7. The van der Waals surface area contributed by atoms with Gasteiger partial charge in [0.1, 0.15) is 30.6 Å². The minimum Gasteiger partial charge on any atom is -0.489 e. The summed E-state index contributed by atoms with van der Waals surface area (Å²) in [6.07, 6.45) is 5.93. The van der Waals surface area contributed by atoms with Crippen LogP contribution in [0.3, 0.4) is 0 Å². The third kappa shape index (κ3) is 9.59. The van der Waals surface area contributed by atoms with E-state index in [0.717, 1.165) is 33.6 Å². The van der Waals surface area contributed by atoms with Crippen LogP contribution in [0.1, 0.15) is 71.8 Å². The van der Waals surface area contributed by atoms with Gasteiger partial charge in [-0.1, -0.05) is 63.1 Å². The van der Waals surface area contributed by atoms with Crippen molar-refractivity contribution in [2.45, 2.75) is 58.7 Å². The second kappa shape index (κ2) is 15.1. The zero-order valence-corrected chi connectivity index (χ0v) is 26.5. The molecule has 3 aromatic carbocycles. The van der Waals surface area contributed by atoms with Crippen molar-refractivity contribution in [1.29, 1.82) is 0 Å². The van der Waals surface area contributed by atoms with Crippen molar-refractivity contribution in [3.8, 4) is 22.6 Å². The van der Waals surface area contributed by atoms with Gasteiger partial charge in [0.25, 0.3) is 0 Å². The van der Waals surface area contributed by atoms with Crippen molar-refractivity contribution in [1.82, 2.24) is 0 Å². The lowest BCUT2D eigenvalue weighted by Crippen LogP contribution is -2.13. The third-order valence-corrected chi connectivity index (χ3v) is 8.67. The number of aromatic carboxylic acids is 1. The molecule has 2 N–H and O–H groups in total. The summed E-state index contributed by atoms with van der Waals surface area (Å²) < 4.78 is 35.2. The highest BCUT2D eigenvalue weighted by molar-refractivity contribution is 7.90. The highest BCUT2D eigenvalue weighted by atomic mass is 32.2. The summed E-state index contributed by atoms with van der Waals surface area (Å²) in [7, 11) is -3.28. The van der Waals surface area contributed by atoms with Gasteiger partial charge >= 0.3 is 5.97 Å². The van der Waals surface area contributed by atoms with Crippen LogP contribution in [0, 0.1) is 0 Å². The largest absolute Gasteiger partial charge is 0.489 e. The fraction of sp³-hybridized carbons (Fsp3) is 0.324. The number of ether oxygens (including phenoxy) is 2. The van der Waals surface area contributed by atoms with Gasteiger partial charge in [0.05, 0.1) is 11.3 Å². The molecule has 9 heteroatoms. The summed E-state index contributed by atoms with van der Waals surface area (Å²) in [5, 5.41) is 14.2. The van der Waals surface area contributed by atoms with Gasteiger partial charge in [-0.3, -0.25) is 0 Å². The number of hydrogen-bond donors (Lipinski definition) is 2. The molecule has 1 heterocycles. The van der Waals surface area contributed by atoms with E-state index in [1.54, 1.807) is 0 Å². The number of benzene rings is 3. The molecule has 0 bridgehead atoms. The van der Waals surface area contributed by atoms with Crippen LogP contribution < -0.4 is 14.8 Å². The molecule has 4 rings (SSSR count). The monoisotopic (exact) mass is 621 g/mol. The van der Waals surface area contributed by atoms with Crippen molar-refractivity contribution in [3.05, 3.63) is 99.7 Å². The molecule has 1 aromatic heterocycles. The van der Waals surface area contributed by atoms with Crippen molar-refractivity contribution in [3.63, 3.8) is 0 Å². The maximum atomic E-state index is 11.6. The normalized spacial score (nSPS) is 11.4. The summed E-state index contributed by atoms with van der Waals surface area (Å²) in [4.78, 5) is 12.4. The van der Waals surface area contributed by atoms with Gasteiger partial charge in [0.15, 0.2) is 9.84 Å². The minimum absolute atomic E-state index is 0.0560. The first-order valence-electron chi connectivity index (χ1n) is 14.5. The van der Waals surface area contributed by atoms with Crippen molar-refractivity contribution < 1.29 is 27.8 Å². The van der Waals surface area contributed by atoms with Crippen LogP contribution in [0.5, 0.6) is 11.5 Å². The van der Waals surface area contributed by atoms with Crippen LogP contribution in [-0.4, -0.2) is 31.6 Å². The number of rotatable bonds is 16. The van der Waals surface area contributed by atoms with Gasteiger partial charge in [-0.05, 0) is 82.8 Å². The van der Waals surface area contributed by atoms with Crippen molar-refractivity contribution >= 4 is 32.8 Å². The number of carboxylic acid groups (broad SMARTS) is 1. The molecular formula is C34H39NO6S2. The molecule has 0 spiro atoms. The molecule has 0 radical (unpaired) electrons. The molecule has 0 atom stereocenters. The Hall–Kier alpha value is -3.82. The quantitative estimate of drug-likeness (QED) is 0.130. The van der Waals surface area contributed by atoms with Crippen LogP contribution in [0.15, 0.2) is 78.2 Å². The summed E-state index contributed by atoms with van der Waals surface area (Å²) in [5.41, 5.74) is 5.05. The fourth-order valence-electron chi connectivity index (χ4n) is 4.86. The number of sulfone groups is 1. The lowest BCUT2D eigenvalue weighted by Gasteiger charge is -2.16. The second-order valence-corrected chi connectivity index (χ2v) is 13.8. The predicted molar refractivity (Wildman–Crippen MR) is 174 cm³/mol. The molecule has 43 heavy (non-hydrogen) atoms. The van der Waals surface area contributed by atoms with Gasteiger partial charge in [-0.25, -0.2) is 13.2 Å². The Kier molecular flexibility index (Phi) is 11.3. The van der Waals surface area contributed by atoms with Crippen molar-refractivity contribution in [2.75, 3.05) is 17.4 Å². The maximum Gasteiger partial charge on any atom is 0.335 e. The molecule has 0 amide bonds. The van der Waals surface area contributed by atoms with Crippen LogP contribution in [0.2, 0.25) is 0 Å². The van der Waals surface area contributed by atoms with E-state index in [1.807, 2.05) is 11.4 Å². The lowest BCUT2D eigenvalue weighted by molar-refractivity contribution is 0.0696. The molecule has 0 aliphatic heterocycles. The molecule has 228 valence electrons. The lowest BCUT2D eigenvalue weighted by atomic mass is 9.90. The van der Waals surface area contributed by atoms with E-state index in [1.165, 1.54) is 60.8 Å². The Morgan fingerprint density at radius 2 is 1.58 bits per heavy atom. The SMILES string of the molecule is CCCC(CCC)c1ccc(OCc2ccc(-c3csc(COc4cc(C(=O)O)ccc4NCS(C)(=O)=O)c3)cc2)cc1. The van der Waals surface area contributed by atoms with E-state index in [9.17, 15) is 18.3 Å². The van der Waals surface area contributed by atoms with Crippen LogP contribution in [0.25, 0.3) is 11.1 Å². The minimum atomic E-state index is -3.28. The zero-order valence-electron chi connectivity index (χ0n) is 24.8. The van der Waals surface area contributed by atoms with E-state index in [4.69, 9.17) is 9.47 Å². The van der Waals surface area contributed by atoms with Crippen LogP contribution in [0.4, 0.5) is 5.69 Å². The number of nitrogens with one attached hydrogen (secondary N) is 1. The maximum absolute atomic E-state index is 11.6. The first kappa shape index (κ1) is 32.1. The summed E-state index contributed by atoms with van der Waals surface area (Å²) in [6.45, 7) is 5.18. The van der Waals surface area contributed by atoms with Crippen LogP contribution in [-0.2, 0) is 23.1 Å². The van der Waals surface area contributed by atoms with Gasteiger partial charge < -0.3 is 19.9 Å². The smallest absolute Gasteiger partial charge is 0.335 e. The number of carboxylic acids is 1. The summed E-state index contributed by atoms with van der Waals surface area (Å²) >= 11 is 1.54. The van der Waals surface area contributed by atoms with E-state index < -0.39 is 15.8 Å². The molecule has 4 aromatic rings. The van der Waals surface area contributed by atoms with Gasteiger partial charge in [-0.2, -0.15) is 0 Å². The first-order valence-corrected chi connectivity index (χ1v) is 17.4. The Morgan fingerprint density at radius 3 is 2.21 bits per heavy atom. The Labute approximate surface area is 258 Å². The Balaban J connectivity index is 1.35. The van der Waals surface area contributed by atoms with Gasteiger partial charge in [0, 0.05) is 11.1 Å². The molecule has 0 unspecified atom stereocenters. The average Bonchev–Trinajstić information content (AvgIpc) is 3.47.